The Bertz CT molecular complexity index is 612. The van der Waals surface area contributed by atoms with Crippen molar-refractivity contribution < 1.29 is 9.32 Å². The lowest BCUT2D eigenvalue weighted by molar-refractivity contribution is -0.122. The SMILES string of the molecule is Cc1cccc(-c2noc(CC(=O)C3CCCC3)n2)c1. The second-order valence-electron chi connectivity index (χ2n) is 5.51. The maximum atomic E-state index is 12.1. The van der Waals surface area contributed by atoms with E-state index in [2.05, 4.69) is 10.1 Å². The second-order valence-corrected chi connectivity index (χ2v) is 5.51. The minimum absolute atomic E-state index is 0.198. The maximum Gasteiger partial charge on any atom is 0.234 e. The molecule has 20 heavy (non-hydrogen) atoms. The second kappa shape index (κ2) is 5.57. The smallest absolute Gasteiger partial charge is 0.234 e. The van der Waals surface area contributed by atoms with Gasteiger partial charge in [0.2, 0.25) is 11.7 Å². The van der Waals surface area contributed by atoms with Crippen LogP contribution in [0, 0.1) is 12.8 Å². The molecule has 1 aromatic carbocycles. The van der Waals surface area contributed by atoms with Crippen LogP contribution in [0.3, 0.4) is 0 Å². The number of Topliss-reactive ketones (excluding diaryl/α,β-unsaturated/α-hetero) is 1. The number of hydrogen-bond acceptors (Lipinski definition) is 4. The molecule has 1 saturated carbocycles. The molecule has 0 saturated heterocycles. The third kappa shape index (κ3) is 2.79. The Labute approximate surface area is 118 Å². The van der Waals surface area contributed by atoms with Crippen molar-refractivity contribution >= 4 is 5.78 Å². The molecule has 1 fully saturated rings. The molecule has 0 bridgehead atoms. The van der Waals surface area contributed by atoms with Crippen molar-refractivity contribution in [1.82, 2.24) is 10.1 Å². The molecule has 3 rings (SSSR count). The summed E-state index contributed by atoms with van der Waals surface area (Å²) in [5.41, 5.74) is 2.07. The lowest BCUT2D eigenvalue weighted by Gasteiger charge is -2.04. The summed E-state index contributed by atoms with van der Waals surface area (Å²) in [6.07, 6.45) is 4.61. The van der Waals surface area contributed by atoms with E-state index < -0.39 is 0 Å². The summed E-state index contributed by atoms with van der Waals surface area (Å²) in [6.45, 7) is 2.02. The fourth-order valence-corrected chi connectivity index (χ4v) is 2.77. The van der Waals surface area contributed by atoms with Crippen LogP contribution < -0.4 is 0 Å². The van der Waals surface area contributed by atoms with Gasteiger partial charge in [-0.3, -0.25) is 4.79 Å². The number of nitrogens with zero attached hydrogens (tertiary/aromatic N) is 2. The lowest BCUT2D eigenvalue weighted by Crippen LogP contribution is -2.13. The van der Waals surface area contributed by atoms with Crippen LogP contribution in [0.25, 0.3) is 11.4 Å². The highest BCUT2D eigenvalue weighted by Gasteiger charge is 2.24. The highest BCUT2D eigenvalue weighted by molar-refractivity contribution is 5.82. The van der Waals surface area contributed by atoms with Crippen molar-refractivity contribution in [3.05, 3.63) is 35.7 Å². The molecule has 4 heteroatoms. The summed E-state index contributed by atoms with van der Waals surface area (Å²) in [6, 6.07) is 7.94. The molecule has 0 unspecified atom stereocenters. The van der Waals surface area contributed by atoms with Crippen LogP contribution in [0.4, 0.5) is 0 Å². The molecule has 2 aromatic rings. The van der Waals surface area contributed by atoms with Crippen molar-refractivity contribution in [2.45, 2.75) is 39.0 Å². The topological polar surface area (TPSA) is 56.0 Å². The molecule has 4 nitrogen and oxygen atoms in total. The zero-order valence-electron chi connectivity index (χ0n) is 11.6. The third-order valence-corrected chi connectivity index (χ3v) is 3.88. The number of carbonyl (C=O) groups excluding carboxylic acids is 1. The van der Waals surface area contributed by atoms with Gasteiger partial charge in [-0.05, 0) is 25.8 Å². The minimum Gasteiger partial charge on any atom is -0.339 e. The largest absolute Gasteiger partial charge is 0.339 e. The van der Waals surface area contributed by atoms with Crippen LogP contribution in [-0.2, 0) is 11.2 Å². The molecule has 0 atom stereocenters. The molecule has 104 valence electrons. The quantitative estimate of drug-likeness (QED) is 0.855. The first-order valence-electron chi connectivity index (χ1n) is 7.15. The summed E-state index contributed by atoms with van der Waals surface area (Å²) in [4.78, 5) is 16.4. The predicted octanol–water partition coefficient (Wildman–Crippen LogP) is 3.35. The number of benzene rings is 1. The van der Waals surface area contributed by atoms with Crippen molar-refractivity contribution in [3.63, 3.8) is 0 Å². The fraction of sp³-hybridized carbons (Fsp3) is 0.438. The Hall–Kier alpha value is -1.97. The first-order chi connectivity index (χ1) is 9.72. The predicted molar refractivity (Wildman–Crippen MR) is 75.1 cm³/mol. The Kier molecular flexibility index (Phi) is 3.63. The van der Waals surface area contributed by atoms with Crippen molar-refractivity contribution in [3.8, 4) is 11.4 Å². The summed E-state index contributed by atoms with van der Waals surface area (Å²) in [5.74, 6) is 1.42. The van der Waals surface area contributed by atoms with Crippen LogP contribution in [-0.4, -0.2) is 15.9 Å². The van der Waals surface area contributed by atoms with Crippen LogP contribution >= 0.6 is 0 Å². The van der Waals surface area contributed by atoms with Gasteiger partial charge < -0.3 is 4.52 Å². The lowest BCUT2D eigenvalue weighted by atomic mass is 10.0. The van der Waals surface area contributed by atoms with Gasteiger partial charge in [-0.1, -0.05) is 41.8 Å². The van der Waals surface area contributed by atoms with E-state index in [1.807, 2.05) is 31.2 Å². The average Bonchev–Trinajstić information content (AvgIpc) is 3.10. The number of carbonyl (C=O) groups is 1. The summed E-state index contributed by atoms with van der Waals surface area (Å²) < 4.78 is 5.21. The summed E-state index contributed by atoms with van der Waals surface area (Å²) in [7, 11) is 0. The highest BCUT2D eigenvalue weighted by Crippen LogP contribution is 2.26. The van der Waals surface area contributed by atoms with E-state index in [-0.39, 0.29) is 18.1 Å². The van der Waals surface area contributed by atoms with Gasteiger partial charge in [0.05, 0.1) is 6.42 Å². The zero-order chi connectivity index (χ0) is 13.9. The molecule has 0 spiro atoms. The molecule has 0 aliphatic heterocycles. The van der Waals surface area contributed by atoms with Gasteiger partial charge in [0, 0.05) is 11.5 Å². The normalized spacial score (nSPS) is 15.7. The number of aryl methyl sites for hydroxylation is 1. The van der Waals surface area contributed by atoms with Gasteiger partial charge in [-0.15, -0.1) is 0 Å². The molecule has 1 heterocycles. The molecular weight excluding hydrogens is 252 g/mol. The van der Waals surface area contributed by atoms with Gasteiger partial charge in [-0.25, -0.2) is 0 Å². The standard InChI is InChI=1S/C16H18N2O2/c1-11-5-4-8-13(9-11)16-17-15(20-18-16)10-14(19)12-6-2-3-7-12/h4-5,8-9,12H,2-3,6-7,10H2,1H3. The van der Waals surface area contributed by atoms with Gasteiger partial charge in [0.15, 0.2) is 0 Å². The summed E-state index contributed by atoms with van der Waals surface area (Å²) >= 11 is 0. The van der Waals surface area contributed by atoms with Crippen LogP contribution in [0.5, 0.6) is 0 Å². The van der Waals surface area contributed by atoms with Gasteiger partial charge in [0.1, 0.15) is 5.78 Å². The van der Waals surface area contributed by atoms with E-state index in [0.717, 1.165) is 36.8 Å². The van der Waals surface area contributed by atoms with E-state index in [1.54, 1.807) is 0 Å². The third-order valence-electron chi connectivity index (χ3n) is 3.88. The fourth-order valence-electron chi connectivity index (χ4n) is 2.77. The average molecular weight is 270 g/mol. The molecule has 1 aromatic heterocycles. The summed E-state index contributed by atoms with van der Waals surface area (Å²) in [5, 5.41) is 3.97. The van der Waals surface area contributed by atoms with Gasteiger partial charge in [0.25, 0.3) is 0 Å². The van der Waals surface area contributed by atoms with Gasteiger partial charge in [-0.2, -0.15) is 4.98 Å². The van der Waals surface area contributed by atoms with E-state index in [0.29, 0.717) is 11.7 Å². The Morgan fingerprint density at radius 3 is 2.90 bits per heavy atom. The van der Waals surface area contributed by atoms with E-state index in [9.17, 15) is 4.79 Å². The molecule has 0 amide bonds. The molecular formula is C16H18N2O2. The monoisotopic (exact) mass is 270 g/mol. The molecule has 1 aliphatic rings. The number of rotatable bonds is 4. The highest BCUT2D eigenvalue weighted by atomic mass is 16.5. The molecule has 0 radical (unpaired) electrons. The Balaban J connectivity index is 1.72. The van der Waals surface area contributed by atoms with Crippen molar-refractivity contribution in [1.29, 1.82) is 0 Å². The zero-order valence-corrected chi connectivity index (χ0v) is 11.6. The van der Waals surface area contributed by atoms with Crippen LogP contribution in [0.15, 0.2) is 28.8 Å². The Morgan fingerprint density at radius 2 is 2.15 bits per heavy atom. The maximum absolute atomic E-state index is 12.1. The van der Waals surface area contributed by atoms with E-state index in [1.165, 1.54) is 0 Å². The minimum atomic E-state index is 0.198. The van der Waals surface area contributed by atoms with Crippen LogP contribution in [0.2, 0.25) is 0 Å². The van der Waals surface area contributed by atoms with Crippen molar-refractivity contribution in [2.75, 3.05) is 0 Å². The van der Waals surface area contributed by atoms with Gasteiger partial charge >= 0.3 is 0 Å². The number of aromatic nitrogens is 2. The van der Waals surface area contributed by atoms with E-state index in [4.69, 9.17) is 4.52 Å². The first-order valence-corrected chi connectivity index (χ1v) is 7.15. The van der Waals surface area contributed by atoms with Crippen molar-refractivity contribution in [2.24, 2.45) is 5.92 Å². The number of hydrogen-bond donors (Lipinski definition) is 0. The molecule has 0 N–H and O–H groups in total. The molecule has 1 aliphatic carbocycles. The van der Waals surface area contributed by atoms with Crippen LogP contribution in [0.1, 0.15) is 37.1 Å². The first kappa shape index (κ1) is 13.0. The number of ketones is 1. The van der Waals surface area contributed by atoms with E-state index >= 15 is 0 Å². The Morgan fingerprint density at radius 1 is 1.35 bits per heavy atom.